The first-order valence-corrected chi connectivity index (χ1v) is 10.8. The summed E-state index contributed by atoms with van der Waals surface area (Å²) in [7, 11) is 1.38. The molecule has 4 nitrogen and oxygen atoms in total. The summed E-state index contributed by atoms with van der Waals surface area (Å²) in [5.41, 5.74) is 1.40. The smallest absolute Gasteiger partial charge is 0.340 e. The zero-order valence-corrected chi connectivity index (χ0v) is 18.0. The molecule has 0 fully saturated rings. The Hall–Kier alpha value is -2.35. The van der Waals surface area contributed by atoms with E-state index in [4.69, 9.17) is 17.0 Å². The van der Waals surface area contributed by atoms with Crippen molar-refractivity contribution >= 4 is 57.1 Å². The molecule has 0 radical (unpaired) electrons. The molecule has 2 aromatic carbocycles. The van der Waals surface area contributed by atoms with E-state index in [0.29, 0.717) is 15.7 Å². The summed E-state index contributed by atoms with van der Waals surface area (Å²) in [4.78, 5) is 15.3. The maximum atomic E-state index is 12.0. The lowest BCUT2D eigenvalue weighted by Crippen LogP contribution is -2.20. The van der Waals surface area contributed by atoms with Crippen molar-refractivity contribution in [1.82, 2.24) is 0 Å². The first-order valence-electron chi connectivity index (χ1n) is 8.71. The Morgan fingerprint density at radius 3 is 2.54 bits per heavy atom. The number of carbonyl (C=O) groups is 1. The summed E-state index contributed by atoms with van der Waals surface area (Å²) in [5.74, 6) is -0.374. The molecule has 1 heterocycles. The highest BCUT2D eigenvalue weighted by Gasteiger charge is 2.17. The van der Waals surface area contributed by atoms with Crippen molar-refractivity contribution < 1.29 is 9.53 Å². The van der Waals surface area contributed by atoms with Gasteiger partial charge in [0.05, 0.1) is 18.4 Å². The number of nitrogens with one attached hydrogen (secondary N) is 2. The lowest BCUT2D eigenvalue weighted by molar-refractivity contribution is 0.0602. The molecule has 28 heavy (non-hydrogen) atoms. The Labute approximate surface area is 178 Å². The molecule has 3 aromatic rings. The van der Waals surface area contributed by atoms with Gasteiger partial charge in [0.2, 0.25) is 0 Å². The van der Waals surface area contributed by atoms with Crippen LogP contribution in [0.3, 0.4) is 0 Å². The van der Waals surface area contributed by atoms with Crippen LogP contribution in [0.5, 0.6) is 0 Å². The van der Waals surface area contributed by atoms with Gasteiger partial charge in [-0.2, -0.15) is 0 Å². The minimum absolute atomic E-state index is 0.374. The van der Waals surface area contributed by atoms with Crippen LogP contribution in [0.1, 0.15) is 22.2 Å². The van der Waals surface area contributed by atoms with Crippen molar-refractivity contribution in [3.8, 4) is 0 Å². The summed E-state index contributed by atoms with van der Waals surface area (Å²) in [6, 6.07) is 20.0. The molecule has 0 aliphatic heterocycles. The second-order valence-electron chi connectivity index (χ2n) is 5.79. The summed E-state index contributed by atoms with van der Waals surface area (Å²) in [6.07, 6.45) is 0.840. The number of methoxy groups -OCH3 is 1. The number of anilines is 2. The Morgan fingerprint density at radius 2 is 1.82 bits per heavy atom. The highest BCUT2D eigenvalue weighted by atomic mass is 32.2. The van der Waals surface area contributed by atoms with Crippen molar-refractivity contribution in [3.63, 3.8) is 0 Å². The van der Waals surface area contributed by atoms with E-state index < -0.39 is 0 Å². The number of rotatable bonds is 6. The summed E-state index contributed by atoms with van der Waals surface area (Å²) >= 11 is 8.66. The fraction of sp³-hybridized carbons (Fsp3) is 0.143. The Morgan fingerprint density at radius 1 is 1.11 bits per heavy atom. The van der Waals surface area contributed by atoms with Crippen LogP contribution in [0.25, 0.3) is 0 Å². The molecule has 3 rings (SSSR count). The van der Waals surface area contributed by atoms with E-state index in [1.165, 1.54) is 18.4 Å². The third-order valence-electron chi connectivity index (χ3n) is 3.87. The Balaban J connectivity index is 1.76. The number of carbonyl (C=O) groups excluding carboxylic acids is 1. The van der Waals surface area contributed by atoms with Crippen LogP contribution in [0, 0.1) is 0 Å². The van der Waals surface area contributed by atoms with Gasteiger partial charge < -0.3 is 15.4 Å². The molecule has 144 valence electrons. The second-order valence-corrected chi connectivity index (χ2v) is 8.45. The SMILES string of the molecule is CCc1cc(C(=O)OC)c(NC(=S)Nc2ccccc2Sc2ccccc2)s1. The number of para-hydroxylation sites is 1. The molecule has 1 aromatic heterocycles. The summed E-state index contributed by atoms with van der Waals surface area (Å²) < 4.78 is 4.88. The van der Waals surface area contributed by atoms with E-state index in [1.807, 2.05) is 55.5 Å². The van der Waals surface area contributed by atoms with Gasteiger partial charge >= 0.3 is 5.97 Å². The van der Waals surface area contributed by atoms with E-state index in [2.05, 4.69) is 22.8 Å². The molecule has 2 N–H and O–H groups in total. The predicted octanol–water partition coefficient (Wildman–Crippen LogP) is 6.06. The highest BCUT2D eigenvalue weighted by molar-refractivity contribution is 7.99. The Kier molecular flexibility index (Phi) is 7.08. The molecular formula is C21H20N2O2S3. The minimum atomic E-state index is -0.374. The largest absolute Gasteiger partial charge is 0.465 e. The molecule has 0 aliphatic carbocycles. The lowest BCUT2D eigenvalue weighted by Gasteiger charge is -2.14. The number of hydrogen-bond donors (Lipinski definition) is 2. The fourth-order valence-corrected chi connectivity index (χ4v) is 4.69. The van der Waals surface area contributed by atoms with Crippen LogP contribution in [0.4, 0.5) is 10.7 Å². The molecule has 0 spiro atoms. The minimum Gasteiger partial charge on any atom is -0.465 e. The van der Waals surface area contributed by atoms with E-state index >= 15 is 0 Å². The monoisotopic (exact) mass is 428 g/mol. The summed E-state index contributed by atoms with van der Waals surface area (Å²) in [5, 5.41) is 7.51. The molecule has 0 amide bonds. The van der Waals surface area contributed by atoms with Crippen molar-refractivity contribution in [2.24, 2.45) is 0 Å². The number of thiocarbonyl (C=S) groups is 1. The van der Waals surface area contributed by atoms with Gasteiger partial charge in [-0.25, -0.2) is 4.79 Å². The first-order chi connectivity index (χ1) is 13.6. The Bertz CT molecular complexity index is 971. The third-order valence-corrected chi connectivity index (χ3v) is 6.35. The zero-order valence-electron chi connectivity index (χ0n) is 15.5. The highest BCUT2D eigenvalue weighted by Crippen LogP contribution is 2.34. The average molecular weight is 429 g/mol. The van der Waals surface area contributed by atoms with Gasteiger partial charge in [0.15, 0.2) is 5.11 Å². The quantitative estimate of drug-likeness (QED) is 0.368. The zero-order chi connectivity index (χ0) is 19.9. The maximum Gasteiger partial charge on any atom is 0.340 e. The van der Waals surface area contributed by atoms with E-state index in [9.17, 15) is 4.79 Å². The molecule has 0 unspecified atom stereocenters. The lowest BCUT2D eigenvalue weighted by atomic mass is 10.2. The van der Waals surface area contributed by atoms with Crippen LogP contribution >= 0.6 is 35.3 Å². The van der Waals surface area contributed by atoms with Crippen LogP contribution in [0.15, 0.2) is 70.5 Å². The van der Waals surface area contributed by atoms with Gasteiger partial charge in [-0.15, -0.1) is 11.3 Å². The van der Waals surface area contributed by atoms with Gasteiger partial charge in [0.25, 0.3) is 0 Å². The van der Waals surface area contributed by atoms with Crippen LogP contribution in [-0.4, -0.2) is 18.2 Å². The number of thiophene rings is 1. The van der Waals surface area contributed by atoms with Crippen molar-refractivity contribution in [1.29, 1.82) is 0 Å². The number of benzene rings is 2. The van der Waals surface area contributed by atoms with Crippen molar-refractivity contribution in [2.75, 3.05) is 17.7 Å². The van der Waals surface area contributed by atoms with Crippen molar-refractivity contribution in [3.05, 3.63) is 71.1 Å². The van der Waals surface area contributed by atoms with E-state index in [-0.39, 0.29) is 5.97 Å². The standard InChI is InChI=1S/C21H20N2O2S3/c1-3-14-13-16(20(24)25-2)19(28-14)23-21(26)22-17-11-7-8-12-18(17)27-15-9-5-4-6-10-15/h4-13H,3H2,1-2H3,(H2,22,23,26). The second kappa shape index (κ2) is 9.73. The molecule has 0 saturated carbocycles. The third kappa shape index (κ3) is 5.13. The summed E-state index contributed by atoms with van der Waals surface area (Å²) in [6.45, 7) is 2.05. The van der Waals surface area contributed by atoms with Gasteiger partial charge in [-0.3, -0.25) is 0 Å². The average Bonchev–Trinajstić information content (AvgIpc) is 3.12. The molecule has 0 atom stereocenters. The number of aryl methyl sites for hydroxylation is 1. The molecular weight excluding hydrogens is 408 g/mol. The van der Waals surface area contributed by atoms with E-state index in [0.717, 1.165) is 26.8 Å². The maximum absolute atomic E-state index is 12.0. The predicted molar refractivity (Wildman–Crippen MR) is 122 cm³/mol. The molecule has 0 saturated heterocycles. The number of hydrogen-bond acceptors (Lipinski definition) is 5. The van der Waals surface area contributed by atoms with Crippen LogP contribution in [0.2, 0.25) is 0 Å². The molecule has 0 bridgehead atoms. The topological polar surface area (TPSA) is 50.4 Å². The van der Waals surface area contributed by atoms with E-state index in [1.54, 1.807) is 11.8 Å². The van der Waals surface area contributed by atoms with Gasteiger partial charge in [-0.05, 0) is 49.0 Å². The number of ether oxygens (including phenoxy) is 1. The van der Waals surface area contributed by atoms with Gasteiger partial charge in [0.1, 0.15) is 5.00 Å². The van der Waals surface area contributed by atoms with Gasteiger partial charge in [0, 0.05) is 14.7 Å². The normalized spacial score (nSPS) is 10.4. The number of esters is 1. The van der Waals surface area contributed by atoms with Crippen LogP contribution in [-0.2, 0) is 11.2 Å². The van der Waals surface area contributed by atoms with Crippen LogP contribution < -0.4 is 10.6 Å². The fourth-order valence-electron chi connectivity index (χ4n) is 2.50. The molecule has 7 heteroatoms. The van der Waals surface area contributed by atoms with Gasteiger partial charge in [-0.1, -0.05) is 49.0 Å². The molecule has 0 aliphatic rings. The first kappa shape index (κ1) is 20.4. The van der Waals surface area contributed by atoms with Crippen molar-refractivity contribution in [2.45, 2.75) is 23.1 Å².